The molecule has 5 nitrogen and oxygen atoms in total. The molecule has 1 heterocycles. The Balaban J connectivity index is 1.22. The highest BCUT2D eigenvalue weighted by molar-refractivity contribution is 5.78. The van der Waals surface area contributed by atoms with Crippen LogP contribution in [0.5, 0.6) is 17.2 Å². The molecule has 0 spiro atoms. The van der Waals surface area contributed by atoms with Crippen molar-refractivity contribution >= 4 is 11.6 Å². The van der Waals surface area contributed by atoms with Gasteiger partial charge in [-0.3, -0.25) is 5.41 Å². The zero-order valence-electron chi connectivity index (χ0n) is 29.4. The Labute approximate surface area is 292 Å². The maximum Gasteiger partial charge on any atom is 0.191 e. The van der Waals surface area contributed by atoms with Crippen LogP contribution in [0.3, 0.4) is 0 Å². The number of nitrogens with one attached hydrogen (secondary N) is 1. The molecule has 1 atom stereocenters. The van der Waals surface area contributed by atoms with E-state index in [1.807, 2.05) is 48.5 Å². The molecule has 252 valence electrons. The molecule has 0 radical (unpaired) electrons. The molecule has 5 heteroatoms. The van der Waals surface area contributed by atoms with Crippen LogP contribution in [0, 0.1) is 23.2 Å². The number of fused-ring (bicyclic) bond motifs is 1. The first-order valence-electron chi connectivity index (χ1n) is 17.4. The van der Waals surface area contributed by atoms with Crippen molar-refractivity contribution in [2.75, 3.05) is 11.4 Å². The fourth-order valence-electron chi connectivity index (χ4n) is 7.12. The van der Waals surface area contributed by atoms with Gasteiger partial charge in [-0.25, -0.2) is 0 Å². The lowest BCUT2D eigenvalue weighted by Crippen LogP contribution is -2.31. The molecule has 0 aliphatic carbocycles. The third-order valence-electron chi connectivity index (χ3n) is 9.66. The highest BCUT2D eigenvalue weighted by atomic mass is 16.5. The van der Waals surface area contributed by atoms with E-state index in [2.05, 4.69) is 118 Å². The van der Waals surface area contributed by atoms with Gasteiger partial charge in [-0.1, -0.05) is 113 Å². The average Bonchev–Trinajstić information content (AvgIpc) is 3.39. The molecular weight excluding hydrogens is 604 g/mol. The highest BCUT2D eigenvalue weighted by Crippen LogP contribution is 2.47. The van der Waals surface area contributed by atoms with Crippen molar-refractivity contribution in [2.45, 2.75) is 59.8 Å². The second-order valence-corrected chi connectivity index (χ2v) is 14.1. The van der Waals surface area contributed by atoms with E-state index < -0.39 is 0 Å². The van der Waals surface area contributed by atoms with Crippen LogP contribution in [-0.2, 0) is 25.2 Å². The molecule has 1 unspecified atom stereocenters. The molecule has 49 heavy (non-hydrogen) atoms. The van der Waals surface area contributed by atoms with Gasteiger partial charge in [0.05, 0.1) is 0 Å². The minimum Gasteiger partial charge on any atom is -0.489 e. The SMILES string of the molecule is CC(C)C(C(=N)Oc1ccc(CN2CC(C)(c3ccc(OCc4ccccc4)cc3)c3cc(OCc4ccccc4)ccc32)cc1)C(C)C. The zero-order chi connectivity index (χ0) is 34.4. The van der Waals surface area contributed by atoms with Crippen molar-refractivity contribution in [3.05, 3.63) is 155 Å². The molecule has 5 aromatic rings. The minimum atomic E-state index is -0.264. The minimum absolute atomic E-state index is 0.0875. The molecule has 0 saturated heterocycles. The van der Waals surface area contributed by atoms with Gasteiger partial charge in [0, 0.05) is 30.1 Å². The third-order valence-corrected chi connectivity index (χ3v) is 9.66. The van der Waals surface area contributed by atoms with E-state index in [1.54, 1.807) is 0 Å². The van der Waals surface area contributed by atoms with Gasteiger partial charge in [-0.2, -0.15) is 0 Å². The van der Waals surface area contributed by atoms with E-state index in [9.17, 15) is 0 Å². The van der Waals surface area contributed by atoms with Crippen LogP contribution in [0.1, 0.15) is 62.4 Å². The van der Waals surface area contributed by atoms with E-state index in [-0.39, 0.29) is 11.3 Å². The topological polar surface area (TPSA) is 54.8 Å². The van der Waals surface area contributed by atoms with Crippen LogP contribution >= 0.6 is 0 Å². The van der Waals surface area contributed by atoms with E-state index in [0.717, 1.165) is 35.7 Å². The lowest BCUT2D eigenvalue weighted by atomic mass is 9.78. The summed E-state index contributed by atoms with van der Waals surface area (Å²) in [5, 5.41) is 8.61. The number of benzene rings is 5. The van der Waals surface area contributed by atoms with Gasteiger partial charge >= 0.3 is 0 Å². The Morgan fingerprint density at radius 3 is 1.76 bits per heavy atom. The lowest BCUT2D eigenvalue weighted by Gasteiger charge is -2.28. The van der Waals surface area contributed by atoms with Crippen LogP contribution in [0.4, 0.5) is 5.69 Å². The van der Waals surface area contributed by atoms with Crippen molar-refractivity contribution < 1.29 is 14.2 Å². The standard InChI is InChI=1S/C44H48N2O3/c1-31(2)42(32(3)4)43(45)49-38-20-16-33(17-21-38)27-46-30-44(5,36-18-22-37(23-19-36)47-28-34-12-8-6-9-13-34)40-26-39(24-25-41(40)46)48-29-35-14-10-7-11-15-35/h6-26,31-32,42,45H,27-30H2,1-5H3. The Kier molecular flexibility index (Phi) is 10.4. The summed E-state index contributed by atoms with van der Waals surface area (Å²) in [6.45, 7) is 13.6. The Bertz CT molecular complexity index is 1810. The summed E-state index contributed by atoms with van der Waals surface area (Å²) in [6.07, 6.45) is 0. The van der Waals surface area contributed by atoms with Crippen LogP contribution in [0.25, 0.3) is 0 Å². The second kappa shape index (κ2) is 15.0. The predicted octanol–water partition coefficient (Wildman–Crippen LogP) is 10.5. The van der Waals surface area contributed by atoms with Gasteiger partial charge in [0.2, 0.25) is 0 Å². The average molecular weight is 653 g/mol. The second-order valence-electron chi connectivity index (χ2n) is 14.1. The van der Waals surface area contributed by atoms with E-state index in [4.69, 9.17) is 19.6 Å². The van der Waals surface area contributed by atoms with Crippen LogP contribution < -0.4 is 19.1 Å². The molecule has 0 amide bonds. The van der Waals surface area contributed by atoms with Gasteiger partial charge in [0.1, 0.15) is 30.5 Å². The zero-order valence-corrected chi connectivity index (χ0v) is 29.4. The summed E-state index contributed by atoms with van der Waals surface area (Å²) in [4.78, 5) is 2.46. The van der Waals surface area contributed by atoms with E-state index in [1.165, 1.54) is 22.4 Å². The summed E-state index contributed by atoms with van der Waals surface area (Å²) in [5.41, 5.74) is 6.90. The fraction of sp³-hybridized carbons (Fsp3) is 0.295. The van der Waals surface area contributed by atoms with Gasteiger partial charge in [-0.15, -0.1) is 0 Å². The molecule has 0 fully saturated rings. The molecule has 0 aromatic heterocycles. The van der Waals surface area contributed by atoms with Crippen LogP contribution in [-0.4, -0.2) is 12.4 Å². The van der Waals surface area contributed by atoms with Crippen molar-refractivity contribution in [1.29, 1.82) is 5.41 Å². The molecule has 5 aromatic carbocycles. The highest BCUT2D eigenvalue weighted by Gasteiger charge is 2.40. The maximum atomic E-state index is 8.61. The summed E-state index contributed by atoms with van der Waals surface area (Å²) < 4.78 is 18.5. The maximum absolute atomic E-state index is 8.61. The Morgan fingerprint density at radius 1 is 0.653 bits per heavy atom. The molecule has 6 rings (SSSR count). The van der Waals surface area contributed by atoms with E-state index in [0.29, 0.717) is 36.7 Å². The van der Waals surface area contributed by atoms with Crippen molar-refractivity contribution in [2.24, 2.45) is 17.8 Å². The number of rotatable bonds is 13. The smallest absolute Gasteiger partial charge is 0.191 e. The Hall–Kier alpha value is -5.03. The quantitative estimate of drug-likeness (QED) is 0.102. The number of anilines is 1. The predicted molar refractivity (Wildman–Crippen MR) is 200 cm³/mol. The summed E-state index contributed by atoms with van der Waals surface area (Å²) >= 11 is 0. The normalized spacial score (nSPS) is 15.5. The first-order valence-corrected chi connectivity index (χ1v) is 17.4. The van der Waals surface area contributed by atoms with Crippen LogP contribution in [0.2, 0.25) is 0 Å². The largest absolute Gasteiger partial charge is 0.489 e. The van der Waals surface area contributed by atoms with E-state index >= 15 is 0 Å². The monoisotopic (exact) mass is 652 g/mol. The molecule has 1 N–H and O–H groups in total. The molecule has 1 aliphatic heterocycles. The number of nitrogens with zero attached hydrogens (tertiary/aromatic N) is 1. The molecule has 0 bridgehead atoms. The lowest BCUT2D eigenvalue weighted by molar-refractivity contribution is 0.305. The Morgan fingerprint density at radius 2 is 1.18 bits per heavy atom. The van der Waals surface area contributed by atoms with Gasteiger partial charge < -0.3 is 19.1 Å². The summed E-state index contributed by atoms with van der Waals surface area (Å²) in [5.74, 6) is 3.55. The summed E-state index contributed by atoms with van der Waals surface area (Å²) in [7, 11) is 0. The molecule has 1 aliphatic rings. The first-order chi connectivity index (χ1) is 23.7. The molecular formula is C44H48N2O3. The van der Waals surface area contributed by atoms with Crippen LogP contribution in [0.15, 0.2) is 127 Å². The van der Waals surface area contributed by atoms with Gasteiger partial charge in [0.15, 0.2) is 5.90 Å². The number of hydrogen-bond acceptors (Lipinski definition) is 5. The van der Waals surface area contributed by atoms with Gasteiger partial charge in [-0.05, 0) is 89.0 Å². The van der Waals surface area contributed by atoms with Gasteiger partial charge in [0.25, 0.3) is 0 Å². The third kappa shape index (κ3) is 8.00. The first kappa shape index (κ1) is 33.9. The van der Waals surface area contributed by atoms with Crippen molar-refractivity contribution in [3.8, 4) is 17.2 Å². The number of hydrogen-bond donors (Lipinski definition) is 1. The molecule has 0 saturated carbocycles. The fourth-order valence-corrected chi connectivity index (χ4v) is 7.12. The summed E-state index contributed by atoms with van der Waals surface area (Å²) in [6, 6.07) is 43.9. The number of ether oxygens (including phenoxy) is 3. The van der Waals surface area contributed by atoms with Crippen molar-refractivity contribution in [3.63, 3.8) is 0 Å². The van der Waals surface area contributed by atoms with Crippen molar-refractivity contribution in [1.82, 2.24) is 0 Å².